The zero-order valence-electron chi connectivity index (χ0n) is 18.0. The van der Waals surface area contributed by atoms with Crippen molar-refractivity contribution in [2.75, 3.05) is 22.2 Å². The number of rotatable bonds is 6. The van der Waals surface area contributed by atoms with Crippen molar-refractivity contribution in [1.29, 1.82) is 0 Å². The Morgan fingerprint density at radius 3 is 2.10 bits per heavy atom. The summed E-state index contributed by atoms with van der Waals surface area (Å²) in [7, 11) is 0. The van der Waals surface area contributed by atoms with E-state index in [0.29, 0.717) is 22.4 Å². The van der Waals surface area contributed by atoms with E-state index < -0.39 is 0 Å². The molecular weight excluding hydrogens is 412 g/mol. The average molecular weight is 439 g/mol. The zero-order chi connectivity index (χ0) is 22.6. The van der Waals surface area contributed by atoms with E-state index in [4.69, 9.17) is 5.84 Å². The summed E-state index contributed by atoms with van der Waals surface area (Å²) in [6.07, 6.45) is 0. The molecule has 3 rings (SSSR count). The zero-order valence-corrected chi connectivity index (χ0v) is 18.8. The molecule has 0 unspecified atom stereocenters. The van der Waals surface area contributed by atoms with E-state index in [0.717, 1.165) is 5.56 Å². The van der Waals surface area contributed by atoms with Gasteiger partial charge >= 0.3 is 0 Å². The van der Waals surface area contributed by atoms with Gasteiger partial charge in [0.2, 0.25) is 17.0 Å². The first-order valence-corrected chi connectivity index (χ1v) is 10.7. The van der Waals surface area contributed by atoms with Gasteiger partial charge in [-0.05, 0) is 35.2 Å². The molecule has 4 N–H and O–H groups in total. The number of nitrogens with zero attached hydrogens (tertiary/aromatic N) is 3. The van der Waals surface area contributed by atoms with Crippen LogP contribution < -0.4 is 16.5 Å². The van der Waals surface area contributed by atoms with Gasteiger partial charge in [0.05, 0.1) is 5.75 Å². The Kier molecular flexibility index (Phi) is 6.65. The third-order valence-corrected chi connectivity index (χ3v) is 5.44. The van der Waals surface area contributed by atoms with Crippen molar-refractivity contribution in [3.63, 3.8) is 0 Å². The Hall–Kier alpha value is -3.33. The van der Waals surface area contributed by atoms with Crippen LogP contribution in [0, 0.1) is 0 Å². The van der Waals surface area contributed by atoms with Gasteiger partial charge in [0.25, 0.3) is 0 Å². The van der Waals surface area contributed by atoms with Crippen molar-refractivity contribution in [3.8, 4) is 11.4 Å². The van der Waals surface area contributed by atoms with E-state index >= 15 is 0 Å². The van der Waals surface area contributed by atoms with Crippen molar-refractivity contribution in [3.05, 3.63) is 54.1 Å². The molecule has 9 heteroatoms. The van der Waals surface area contributed by atoms with Gasteiger partial charge in [-0.25, -0.2) is 4.68 Å². The number of carbonyl (C=O) groups is 2. The van der Waals surface area contributed by atoms with E-state index in [1.54, 1.807) is 24.3 Å². The van der Waals surface area contributed by atoms with Gasteiger partial charge in [-0.15, -0.1) is 10.2 Å². The van der Waals surface area contributed by atoms with Crippen LogP contribution >= 0.6 is 11.8 Å². The maximum Gasteiger partial charge on any atom is 0.234 e. The number of hydrogen-bond donors (Lipinski definition) is 3. The number of benzene rings is 2. The number of nitrogen functional groups attached to an aromatic ring is 1. The molecule has 162 valence electrons. The highest BCUT2D eigenvalue weighted by molar-refractivity contribution is 7.99. The number of hydrogen-bond acceptors (Lipinski definition) is 6. The van der Waals surface area contributed by atoms with Crippen LogP contribution in [0.5, 0.6) is 0 Å². The number of anilines is 2. The van der Waals surface area contributed by atoms with Crippen molar-refractivity contribution < 1.29 is 9.59 Å². The average Bonchev–Trinajstić information content (AvgIpc) is 3.07. The van der Waals surface area contributed by atoms with Crippen LogP contribution in [0.1, 0.15) is 33.3 Å². The molecule has 1 heterocycles. The van der Waals surface area contributed by atoms with Gasteiger partial charge in [0.1, 0.15) is 0 Å². The second-order valence-electron chi connectivity index (χ2n) is 8.10. The maximum absolute atomic E-state index is 12.3. The van der Waals surface area contributed by atoms with E-state index in [1.807, 2.05) is 12.1 Å². The molecule has 3 aromatic rings. The highest BCUT2D eigenvalue weighted by atomic mass is 32.2. The third kappa shape index (κ3) is 5.85. The molecule has 0 bridgehead atoms. The molecular formula is C22H26N6O2S. The summed E-state index contributed by atoms with van der Waals surface area (Å²) in [6.45, 7) is 7.91. The first kappa shape index (κ1) is 22.4. The molecule has 0 fully saturated rings. The lowest BCUT2D eigenvalue weighted by molar-refractivity contribution is -0.114. The van der Waals surface area contributed by atoms with Crippen LogP contribution in [0.15, 0.2) is 53.7 Å². The van der Waals surface area contributed by atoms with Crippen molar-refractivity contribution >= 4 is 35.0 Å². The number of nitrogens with one attached hydrogen (secondary N) is 2. The van der Waals surface area contributed by atoms with E-state index in [9.17, 15) is 9.59 Å². The van der Waals surface area contributed by atoms with Gasteiger partial charge < -0.3 is 16.5 Å². The van der Waals surface area contributed by atoms with Crippen LogP contribution in [0.25, 0.3) is 11.4 Å². The highest BCUT2D eigenvalue weighted by Gasteiger charge is 2.16. The second-order valence-corrected chi connectivity index (χ2v) is 9.04. The minimum Gasteiger partial charge on any atom is -0.335 e. The molecule has 2 amide bonds. The summed E-state index contributed by atoms with van der Waals surface area (Å²) in [5, 5.41) is 14.2. The summed E-state index contributed by atoms with van der Waals surface area (Å²) in [5.41, 5.74) is 3.44. The Morgan fingerprint density at radius 1 is 0.968 bits per heavy atom. The molecule has 2 aromatic carbocycles. The van der Waals surface area contributed by atoms with Crippen LogP contribution in [0.4, 0.5) is 11.4 Å². The van der Waals surface area contributed by atoms with Crippen molar-refractivity contribution in [1.82, 2.24) is 14.9 Å². The molecule has 0 aliphatic heterocycles. The predicted octanol–water partition coefficient (Wildman–Crippen LogP) is 3.65. The van der Waals surface area contributed by atoms with Gasteiger partial charge in [0, 0.05) is 23.9 Å². The fourth-order valence-corrected chi connectivity index (χ4v) is 3.52. The number of carbonyl (C=O) groups excluding carboxylic acids is 2. The summed E-state index contributed by atoms with van der Waals surface area (Å²) in [6, 6.07) is 14.9. The normalized spacial score (nSPS) is 11.2. The second kappa shape index (κ2) is 9.22. The molecule has 31 heavy (non-hydrogen) atoms. The first-order valence-electron chi connectivity index (χ1n) is 9.75. The molecule has 8 nitrogen and oxygen atoms in total. The lowest BCUT2D eigenvalue weighted by Crippen LogP contribution is -2.16. The smallest absolute Gasteiger partial charge is 0.234 e. The Bertz CT molecular complexity index is 1070. The summed E-state index contributed by atoms with van der Waals surface area (Å²) >= 11 is 1.20. The molecule has 0 radical (unpaired) electrons. The van der Waals surface area contributed by atoms with E-state index in [1.165, 1.54) is 28.9 Å². The van der Waals surface area contributed by atoms with Crippen LogP contribution in [0.3, 0.4) is 0 Å². The fraction of sp³-hybridized carbons (Fsp3) is 0.273. The van der Waals surface area contributed by atoms with Crippen molar-refractivity contribution in [2.24, 2.45) is 0 Å². The number of nitrogens with two attached hydrogens (primary N) is 1. The number of aromatic nitrogens is 3. The summed E-state index contributed by atoms with van der Waals surface area (Å²) in [4.78, 5) is 23.3. The van der Waals surface area contributed by atoms with Crippen LogP contribution in [-0.4, -0.2) is 32.4 Å². The molecule has 0 saturated heterocycles. The minimum atomic E-state index is -0.198. The molecule has 1 aromatic heterocycles. The topological polar surface area (TPSA) is 115 Å². The fourth-order valence-electron chi connectivity index (χ4n) is 2.86. The Morgan fingerprint density at radius 2 is 1.55 bits per heavy atom. The molecule has 0 spiro atoms. The van der Waals surface area contributed by atoms with Crippen LogP contribution in [-0.2, 0) is 15.0 Å². The lowest BCUT2D eigenvalue weighted by atomic mass is 9.87. The molecule has 0 saturated carbocycles. The Balaban J connectivity index is 1.59. The predicted molar refractivity (Wildman–Crippen MR) is 124 cm³/mol. The largest absolute Gasteiger partial charge is 0.335 e. The van der Waals surface area contributed by atoms with E-state index in [2.05, 4.69) is 53.7 Å². The maximum atomic E-state index is 12.3. The molecule has 0 atom stereocenters. The number of thioether (sulfide) groups is 1. The van der Waals surface area contributed by atoms with Crippen molar-refractivity contribution in [2.45, 2.75) is 38.3 Å². The summed E-state index contributed by atoms with van der Waals surface area (Å²) < 4.78 is 1.40. The standard InChI is InChI=1S/C22H26N6O2S/c1-14(29)24-17-9-11-18(12-10-17)25-19(30)13-31-21-27-26-20(28(21)23)15-5-7-16(8-6-15)22(2,3)4/h5-12H,13,23H2,1-4H3,(H,24,29)(H,25,30). The summed E-state index contributed by atoms with van der Waals surface area (Å²) in [5.74, 6) is 6.48. The van der Waals surface area contributed by atoms with Gasteiger partial charge in [-0.2, -0.15) is 0 Å². The highest BCUT2D eigenvalue weighted by Crippen LogP contribution is 2.26. The first-order chi connectivity index (χ1) is 14.6. The quantitative estimate of drug-likeness (QED) is 0.400. The monoisotopic (exact) mass is 438 g/mol. The SMILES string of the molecule is CC(=O)Nc1ccc(NC(=O)CSc2nnc(-c3ccc(C(C)(C)C)cc3)n2N)cc1. The Labute approximate surface area is 185 Å². The van der Waals surface area contributed by atoms with Crippen LogP contribution in [0.2, 0.25) is 0 Å². The minimum absolute atomic E-state index is 0.0630. The van der Waals surface area contributed by atoms with Gasteiger partial charge in [-0.3, -0.25) is 9.59 Å². The van der Waals surface area contributed by atoms with Gasteiger partial charge in [-0.1, -0.05) is 56.8 Å². The number of amides is 2. The third-order valence-electron chi connectivity index (χ3n) is 4.50. The van der Waals surface area contributed by atoms with Gasteiger partial charge in [0.15, 0.2) is 5.82 Å². The molecule has 0 aliphatic carbocycles. The lowest BCUT2D eigenvalue weighted by Gasteiger charge is -2.19. The molecule has 0 aliphatic rings. The van der Waals surface area contributed by atoms with E-state index in [-0.39, 0.29) is 23.0 Å².